The van der Waals surface area contributed by atoms with Crippen LogP contribution in [0.5, 0.6) is 0 Å². The van der Waals surface area contributed by atoms with Gasteiger partial charge in [-0.15, -0.1) is 0 Å². The minimum Gasteiger partial charge on any atom is -0.354 e. The lowest BCUT2D eigenvalue weighted by Gasteiger charge is -2.33. The molecule has 1 unspecified atom stereocenters. The van der Waals surface area contributed by atoms with Gasteiger partial charge >= 0.3 is 0 Å². The van der Waals surface area contributed by atoms with Crippen LogP contribution >= 0.6 is 0 Å². The number of carbonyl (C=O) groups is 2. The van der Waals surface area contributed by atoms with E-state index in [1.165, 1.54) is 4.90 Å². The molecule has 0 spiro atoms. The van der Waals surface area contributed by atoms with Crippen LogP contribution in [0.15, 0.2) is 42.5 Å². The first-order valence-corrected chi connectivity index (χ1v) is 14.0. The number of hydrogen-bond donors (Lipinski definition) is 1. The maximum Gasteiger partial charge on any atom is 0.244 e. The molecule has 0 bridgehead atoms. The number of nitrogens with one attached hydrogen (secondary N) is 1. The number of aryl methyl sites for hydroxylation is 3. The normalized spacial score (nSPS) is 12.2. The minimum atomic E-state index is -3.75. The van der Waals surface area contributed by atoms with Gasteiger partial charge in [-0.25, -0.2) is 8.42 Å². The summed E-state index contributed by atoms with van der Waals surface area (Å²) >= 11 is 0. The van der Waals surface area contributed by atoms with Crippen molar-refractivity contribution >= 4 is 27.5 Å². The van der Waals surface area contributed by atoms with E-state index in [0.717, 1.165) is 45.7 Å². The van der Waals surface area contributed by atoms with E-state index in [0.29, 0.717) is 18.7 Å². The van der Waals surface area contributed by atoms with Crippen molar-refractivity contribution in [2.45, 2.75) is 66.5 Å². The number of hydrogen-bond acceptors (Lipinski definition) is 4. The van der Waals surface area contributed by atoms with E-state index in [4.69, 9.17) is 0 Å². The molecule has 1 N–H and O–H groups in total. The first-order chi connectivity index (χ1) is 16.5. The van der Waals surface area contributed by atoms with Gasteiger partial charge in [0, 0.05) is 13.1 Å². The molecule has 0 aliphatic rings. The Balaban J connectivity index is 2.46. The molecule has 0 heterocycles. The number of anilines is 1. The monoisotopic (exact) mass is 501 g/mol. The number of amides is 2. The Bertz CT molecular complexity index is 1130. The standard InChI is InChI=1S/C27H39N3O4S/c1-7-9-16-28-27(32)24(8-2)29(18-23-13-11-10-12-21(23)4)26(31)19-30(35(6,33)34)25-17-20(3)14-15-22(25)5/h10-15,17,24H,7-9,16,18-19H2,1-6H3,(H,28,32). The van der Waals surface area contributed by atoms with Crippen molar-refractivity contribution < 1.29 is 18.0 Å². The quantitative estimate of drug-likeness (QED) is 0.444. The number of nitrogens with zero attached hydrogens (tertiary/aromatic N) is 2. The lowest BCUT2D eigenvalue weighted by molar-refractivity contribution is -0.140. The summed E-state index contributed by atoms with van der Waals surface area (Å²) in [6, 6.07) is 12.5. The molecular formula is C27H39N3O4S. The fraction of sp³-hybridized carbons (Fsp3) is 0.481. The zero-order valence-electron chi connectivity index (χ0n) is 21.8. The van der Waals surface area contributed by atoms with Crippen molar-refractivity contribution in [2.75, 3.05) is 23.7 Å². The van der Waals surface area contributed by atoms with Crippen molar-refractivity contribution in [3.05, 3.63) is 64.7 Å². The van der Waals surface area contributed by atoms with Crippen LogP contribution < -0.4 is 9.62 Å². The van der Waals surface area contributed by atoms with Gasteiger partial charge in [0.2, 0.25) is 21.8 Å². The molecule has 2 rings (SSSR count). The van der Waals surface area contributed by atoms with Gasteiger partial charge in [0.25, 0.3) is 0 Å². The van der Waals surface area contributed by atoms with Gasteiger partial charge in [-0.3, -0.25) is 13.9 Å². The first kappa shape index (κ1) is 28.4. The first-order valence-electron chi connectivity index (χ1n) is 12.2. The molecule has 1 atom stereocenters. The van der Waals surface area contributed by atoms with Crippen LogP contribution in [-0.2, 0) is 26.2 Å². The summed E-state index contributed by atoms with van der Waals surface area (Å²) in [6.45, 7) is 9.94. The molecule has 2 aromatic rings. The Morgan fingerprint density at radius 1 is 1.00 bits per heavy atom. The van der Waals surface area contributed by atoms with Crippen molar-refractivity contribution in [1.29, 1.82) is 0 Å². The van der Waals surface area contributed by atoms with Gasteiger partial charge in [-0.1, -0.05) is 56.7 Å². The molecule has 7 nitrogen and oxygen atoms in total. The Morgan fingerprint density at radius 2 is 1.69 bits per heavy atom. The van der Waals surface area contributed by atoms with Gasteiger partial charge in [0.05, 0.1) is 11.9 Å². The van der Waals surface area contributed by atoms with E-state index in [9.17, 15) is 18.0 Å². The van der Waals surface area contributed by atoms with E-state index in [1.54, 1.807) is 6.07 Å². The number of benzene rings is 2. The van der Waals surface area contributed by atoms with Crippen molar-refractivity contribution in [3.63, 3.8) is 0 Å². The summed E-state index contributed by atoms with van der Waals surface area (Å²) in [5.41, 5.74) is 4.03. The molecule has 2 amide bonds. The van der Waals surface area contributed by atoms with Crippen LogP contribution in [0, 0.1) is 20.8 Å². The summed E-state index contributed by atoms with van der Waals surface area (Å²) in [4.78, 5) is 28.4. The lowest BCUT2D eigenvalue weighted by Crippen LogP contribution is -2.52. The molecule has 8 heteroatoms. The second kappa shape index (κ2) is 12.7. The summed E-state index contributed by atoms with van der Waals surface area (Å²) in [7, 11) is -3.75. The third-order valence-corrected chi connectivity index (χ3v) is 7.26. The van der Waals surface area contributed by atoms with Crippen molar-refractivity contribution in [3.8, 4) is 0 Å². The highest BCUT2D eigenvalue weighted by Gasteiger charge is 2.32. The Labute approximate surface area is 210 Å². The summed E-state index contributed by atoms with van der Waals surface area (Å²) in [6.07, 6.45) is 3.31. The highest BCUT2D eigenvalue weighted by Crippen LogP contribution is 2.25. The molecule has 0 aliphatic heterocycles. The van der Waals surface area contributed by atoms with E-state index < -0.39 is 22.0 Å². The Morgan fingerprint density at radius 3 is 2.29 bits per heavy atom. The van der Waals surface area contributed by atoms with Crippen molar-refractivity contribution in [2.24, 2.45) is 0 Å². The number of unbranched alkanes of at least 4 members (excludes halogenated alkanes) is 1. The zero-order chi connectivity index (χ0) is 26.2. The van der Waals surface area contributed by atoms with Gasteiger partial charge in [0.1, 0.15) is 12.6 Å². The summed E-state index contributed by atoms with van der Waals surface area (Å²) < 4.78 is 26.7. The predicted molar refractivity (Wildman–Crippen MR) is 142 cm³/mol. The van der Waals surface area contributed by atoms with Crippen molar-refractivity contribution in [1.82, 2.24) is 10.2 Å². The molecular weight excluding hydrogens is 462 g/mol. The van der Waals surface area contributed by atoms with Gasteiger partial charge in [-0.05, 0) is 61.9 Å². The second-order valence-electron chi connectivity index (χ2n) is 9.08. The lowest BCUT2D eigenvalue weighted by atomic mass is 10.1. The molecule has 2 aromatic carbocycles. The van der Waals surface area contributed by atoms with E-state index in [-0.39, 0.29) is 19.0 Å². The molecule has 0 saturated carbocycles. The van der Waals surface area contributed by atoms with Gasteiger partial charge < -0.3 is 10.2 Å². The number of rotatable bonds is 12. The predicted octanol–water partition coefficient (Wildman–Crippen LogP) is 4.10. The van der Waals surface area contributed by atoms with Crippen LogP contribution in [0.4, 0.5) is 5.69 Å². The highest BCUT2D eigenvalue weighted by atomic mass is 32.2. The topological polar surface area (TPSA) is 86.8 Å². The molecule has 35 heavy (non-hydrogen) atoms. The maximum absolute atomic E-state index is 13.8. The van der Waals surface area contributed by atoms with E-state index in [1.807, 2.05) is 71.0 Å². The largest absolute Gasteiger partial charge is 0.354 e. The minimum absolute atomic E-state index is 0.218. The summed E-state index contributed by atoms with van der Waals surface area (Å²) in [5.74, 6) is -0.641. The third-order valence-electron chi connectivity index (χ3n) is 6.13. The average molecular weight is 502 g/mol. The zero-order valence-corrected chi connectivity index (χ0v) is 22.6. The van der Waals surface area contributed by atoms with Gasteiger partial charge in [-0.2, -0.15) is 0 Å². The number of carbonyl (C=O) groups excluding carboxylic acids is 2. The molecule has 192 valence electrons. The van der Waals surface area contributed by atoms with Crippen LogP contribution in [0.3, 0.4) is 0 Å². The van der Waals surface area contributed by atoms with Crippen LogP contribution in [0.2, 0.25) is 0 Å². The molecule has 0 fully saturated rings. The smallest absolute Gasteiger partial charge is 0.244 e. The number of sulfonamides is 1. The molecule has 0 radical (unpaired) electrons. The summed E-state index contributed by atoms with van der Waals surface area (Å²) in [5, 5.41) is 2.94. The highest BCUT2D eigenvalue weighted by molar-refractivity contribution is 7.92. The van der Waals surface area contributed by atoms with Crippen LogP contribution in [-0.4, -0.2) is 50.5 Å². The van der Waals surface area contributed by atoms with Gasteiger partial charge in [0.15, 0.2) is 0 Å². The van der Waals surface area contributed by atoms with Crippen LogP contribution in [0.1, 0.15) is 55.4 Å². The third kappa shape index (κ3) is 7.82. The van der Waals surface area contributed by atoms with Crippen LogP contribution in [0.25, 0.3) is 0 Å². The molecule has 0 aliphatic carbocycles. The Kier molecular flexibility index (Phi) is 10.3. The average Bonchev–Trinajstić information content (AvgIpc) is 2.79. The fourth-order valence-corrected chi connectivity index (χ4v) is 4.88. The fourth-order valence-electron chi connectivity index (χ4n) is 3.98. The SMILES string of the molecule is CCCCNC(=O)C(CC)N(Cc1ccccc1C)C(=O)CN(c1cc(C)ccc1C)S(C)(=O)=O. The molecule has 0 saturated heterocycles. The maximum atomic E-state index is 13.8. The Hall–Kier alpha value is -2.87. The second-order valence-corrected chi connectivity index (χ2v) is 11.0. The van der Waals surface area contributed by atoms with E-state index >= 15 is 0 Å². The van der Waals surface area contributed by atoms with E-state index in [2.05, 4.69) is 5.32 Å². The molecule has 0 aromatic heterocycles.